The molecule has 1 aliphatic rings. The van der Waals surface area contributed by atoms with Crippen molar-refractivity contribution in [3.63, 3.8) is 0 Å². The number of anilines is 1. The van der Waals surface area contributed by atoms with Crippen molar-refractivity contribution in [2.24, 2.45) is 0 Å². The Kier molecular flexibility index (Phi) is 4.23. The van der Waals surface area contributed by atoms with Gasteiger partial charge >= 0.3 is 6.18 Å². The number of pyridine rings is 1. The molecule has 1 unspecified atom stereocenters. The summed E-state index contributed by atoms with van der Waals surface area (Å²) in [6.07, 6.45) is -0.407. The molecule has 0 spiro atoms. The predicted octanol–water partition coefficient (Wildman–Crippen LogP) is 3.22. The number of fused-ring (bicyclic) bond motifs is 4. The van der Waals surface area contributed by atoms with Gasteiger partial charge in [0.1, 0.15) is 40.7 Å². The molecule has 1 aliphatic heterocycles. The summed E-state index contributed by atoms with van der Waals surface area (Å²) in [6.45, 7) is -0.115. The van der Waals surface area contributed by atoms with Gasteiger partial charge in [0.25, 0.3) is 5.91 Å². The standard InChI is InChI=1S/C20H14F4N6O2/c1-29(16-7-32-17-3-10(20(22,23)24)11(21)2-9(16)17)19(31)12-4-14-13(5-27-12)28-18(25)15-6-26-8-30(14)15/h2-6,8,16H,7H2,1H3,(H2,25,28). The molecule has 0 fully saturated rings. The van der Waals surface area contributed by atoms with E-state index in [4.69, 9.17) is 10.5 Å². The first-order valence-corrected chi connectivity index (χ1v) is 9.33. The first kappa shape index (κ1) is 20.0. The van der Waals surface area contributed by atoms with E-state index in [1.54, 1.807) is 4.40 Å². The monoisotopic (exact) mass is 446 g/mol. The van der Waals surface area contributed by atoms with Crippen LogP contribution < -0.4 is 10.5 Å². The van der Waals surface area contributed by atoms with Crippen LogP contribution in [-0.4, -0.2) is 43.8 Å². The van der Waals surface area contributed by atoms with Gasteiger partial charge in [-0.3, -0.25) is 9.20 Å². The molecule has 2 N–H and O–H groups in total. The van der Waals surface area contributed by atoms with Crippen molar-refractivity contribution in [3.05, 3.63) is 59.6 Å². The molecule has 4 heterocycles. The maximum absolute atomic E-state index is 14.1. The average Bonchev–Trinajstić information content (AvgIpc) is 3.39. The van der Waals surface area contributed by atoms with E-state index in [-0.39, 0.29) is 29.4 Å². The number of rotatable bonds is 2. The van der Waals surface area contributed by atoms with E-state index in [2.05, 4.69) is 15.0 Å². The maximum atomic E-state index is 14.1. The molecule has 1 atom stereocenters. The Morgan fingerprint density at radius 2 is 2.03 bits per heavy atom. The molecule has 1 amide bonds. The van der Waals surface area contributed by atoms with Crippen molar-refractivity contribution in [1.82, 2.24) is 24.3 Å². The van der Waals surface area contributed by atoms with Crippen LogP contribution in [0.1, 0.15) is 27.7 Å². The molecule has 4 aromatic rings. The van der Waals surface area contributed by atoms with Crippen LogP contribution >= 0.6 is 0 Å². The summed E-state index contributed by atoms with van der Waals surface area (Å²) in [5, 5.41) is 0. The number of halogens is 4. The summed E-state index contributed by atoms with van der Waals surface area (Å²) in [4.78, 5) is 26.8. The third kappa shape index (κ3) is 2.98. The number of likely N-dealkylation sites (N-methyl/N-ethyl adjacent to an activating group) is 1. The zero-order chi connectivity index (χ0) is 22.8. The minimum Gasteiger partial charge on any atom is -0.491 e. The molecule has 5 rings (SSSR count). The first-order chi connectivity index (χ1) is 15.1. The molecule has 12 heteroatoms. The average molecular weight is 446 g/mol. The van der Waals surface area contributed by atoms with Gasteiger partial charge in [-0.25, -0.2) is 19.3 Å². The first-order valence-electron chi connectivity index (χ1n) is 9.33. The van der Waals surface area contributed by atoms with E-state index in [1.165, 1.54) is 36.7 Å². The summed E-state index contributed by atoms with van der Waals surface area (Å²) >= 11 is 0. The van der Waals surface area contributed by atoms with E-state index in [0.717, 1.165) is 6.07 Å². The summed E-state index contributed by atoms with van der Waals surface area (Å²) in [6, 6.07) is 2.10. The van der Waals surface area contributed by atoms with Crippen LogP contribution in [0.3, 0.4) is 0 Å². The second-order valence-corrected chi connectivity index (χ2v) is 7.31. The smallest absolute Gasteiger partial charge is 0.419 e. The van der Waals surface area contributed by atoms with Crippen LogP contribution in [0, 0.1) is 5.82 Å². The molecule has 0 bridgehead atoms. The summed E-state index contributed by atoms with van der Waals surface area (Å²) < 4.78 is 60.0. The molecule has 8 nitrogen and oxygen atoms in total. The fourth-order valence-corrected chi connectivity index (χ4v) is 3.77. The van der Waals surface area contributed by atoms with Crippen LogP contribution in [-0.2, 0) is 6.18 Å². The van der Waals surface area contributed by atoms with Gasteiger partial charge < -0.3 is 15.4 Å². The number of aromatic nitrogens is 4. The lowest BCUT2D eigenvalue weighted by atomic mass is 10.0. The summed E-state index contributed by atoms with van der Waals surface area (Å²) in [7, 11) is 1.45. The molecule has 0 saturated carbocycles. The van der Waals surface area contributed by atoms with Crippen molar-refractivity contribution >= 4 is 28.3 Å². The number of benzene rings is 1. The summed E-state index contributed by atoms with van der Waals surface area (Å²) in [5.41, 5.74) is 6.24. The third-order valence-electron chi connectivity index (χ3n) is 5.43. The Balaban J connectivity index is 1.51. The van der Waals surface area contributed by atoms with Crippen molar-refractivity contribution in [2.75, 3.05) is 19.4 Å². The van der Waals surface area contributed by atoms with Gasteiger partial charge in [-0.2, -0.15) is 13.2 Å². The highest BCUT2D eigenvalue weighted by atomic mass is 19.4. The number of imidazole rings is 1. The lowest BCUT2D eigenvalue weighted by Gasteiger charge is -2.23. The number of amides is 1. The maximum Gasteiger partial charge on any atom is 0.419 e. The number of nitrogens with zero attached hydrogens (tertiary/aromatic N) is 5. The molecule has 1 aromatic carbocycles. The second kappa shape index (κ2) is 6.77. The van der Waals surface area contributed by atoms with E-state index in [0.29, 0.717) is 22.6 Å². The fourth-order valence-electron chi connectivity index (χ4n) is 3.77. The minimum atomic E-state index is -4.85. The van der Waals surface area contributed by atoms with Gasteiger partial charge in [0.15, 0.2) is 0 Å². The normalized spacial score (nSPS) is 15.7. The van der Waals surface area contributed by atoms with E-state index in [9.17, 15) is 22.4 Å². The summed E-state index contributed by atoms with van der Waals surface area (Å²) in [5.74, 6) is -1.82. The van der Waals surface area contributed by atoms with Gasteiger partial charge in [-0.1, -0.05) is 0 Å². The molecule has 32 heavy (non-hydrogen) atoms. The van der Waals surface area contributed by atoms with Gasteiger partial charge in [0.05, 0.1) is 35.8 Å². The van der Waals surface area contributed by atoms with Gasteiger partial charge in [0.2, 0.25) is 0 Å². The van der Waals surface area contributed by atoms with E-state index in [1.807, 2.05) is 0 Å². The van der Waals surface area contributed by atoms with Crippen LogP contribution in [0.2, 0.25) is 0 Å². The van der Waals surface area contributed by atoms with Gasteiger partial charge in [-0.05, 0) is 18.2 Å². The quantitative estimate of drug-likeness (QED) is 0.475. The minimum absolute atomic E-state index is 0.0578. The van der Waals surface area contributed by atoms with Crippen LogP contribution in [0.15, 0.2) is 36.9 Å². The number of carbonyl (C=O) groups is 1. The Morgan fingerprint density at radius 3 is 2.78 bits per heavy atom. The number of hydrogen-bond donors (Lipinski definition) is 1. The van der Waals surface area contributed by atoms with Gasteiger partial charge in [-0.15, -0.1) is 0 Å². The number of nitrogen functional groups attached to an aromatic ring is 1. The lowest BCUT2D eigenvalue weighted by molar-refractivity contribution is -0.140. The van der Waals surface area contributed by atoms with Crippen LogP contribution in [0.5, 0.6) is 5.75 Å². The number of ether oxygens (including phenoxy) is 1. The van der Waals surface area contributed by atoms with Crippen molar-refractivity contribution in [2.45, 2.75) is 12.2 Å². The zero-order valence-electron chi connectivity index (χ0n) is 16.4. The van der Waals surface area contributed by atoms with Crippen molar-refractivity contribution in [1.29, 1.82) is 0 Å². The zero-order valence-corrected chi connectivity index (χ0v) is 16.4. The van der Waals surface area contributed by atoms with Crippen molar-refractivity contribution < 1.29 is 27.1 Å². The fraction of sp³-hybridized carbons (Fsp3) is 0.200. The van der Waals surface area contributed by atoms with Crippen molar-refractivity contribution in [3.8, 4) is 5.75 Å². The molecule has 164 valence electrons. The Morgan fingerprint density at radius 1 is 1.25 bits per heavy atom. The molecule has 0 aliphatic carbocycles. The van der Waals surface area contributed by atoms with Gasteiger partial charge in [0, 0.05) is 12.6 Å². The highest BCUT2D eigenvalue weighted by Gasteiger charge is 2.39. The Bertz CT molecular complexity index is 1400. The Hall–Kier alpha value is -3.96. The SMILES string of the molecule is CN(C(=O)c1cc2c(cn1)nc(N)c1cncn12)C1COc2cc(C(F)(F)F)c(F)cc21. The number of carbonyl (C=O) groups excluding carboxylic acids is 1. The molecule has 0 saturated heterocycles. The lowest BCUT2D eigenvalue weighted by Crippen LogP contribution is -2.32. The highest BCUT2D eigenvalue weighted by molar-refractivity contribution is 5.96. The largest absolute Gasteiger partial charge is 0.491 e. The number of nitrogens with two attached hydrogens (primary N) is 1. The van der Waals surface area contributed by atoms with Crippen LogP contribution in [0.25, 0.3) is 16.6 Å². The van der Waals surface area contributed by atoms with Crippen LogP contribution in [0.4, 0.5) is 23.4 Å². The Labute approximate surface area is 177 Å². The number of alkyl halides is 3. The predicted molar refractivity (Wildman–Crippen MR) is 104 cm³/mol. The molecule has 0 radical (unpaired) electrons. The third-order valence-corrected chi connectivity index (χ3v) is 5.43. The molecular formula is C20H14F4N6O2. The van der Waals surface area contributed by atoms with E-state index < -0.39 is 29.5 Å². The topological polar surface area (TPSA) is 98.6 Å². The number of hydrogen-bond acceptors (Lipinski definition) is 6. The second-order valence-electron chi connectivity index (χ2n) is 7.31. The van der Waals surface area contributed by atoms with E-state index >= 15 is 0 Å². The molecular weight excluding hydrogens is 432 g/mol. The molecule has 3 aromatic heterocycles. The highest BCUT2D eigenvalue weighted by Crippen LogP contribution is 2.42.